The number of ether oxygens (including phenoxy) is 3. The average molecular weight is 281 g/mol. The highest BCUT2D eigenvalue weighted by atomic mass is 16.5. The summed E-state index contributed by atoms with van der Waals surface area (Å²) < 4.78 is 15.9. The van der Waals surface area contributed by atoms with Gasteiger partial charge in [-0.1, -0.05) is 0 Å². The molecule has 1 aliphatic rings. The van der Waals surface area contributed by atoms with Crippen molar-refractivity contribution in [3.05, 3.63) is 18.2 Å². The van der Waals surface area contributed by atoms with E-state index in [9.17, 15) is 5.11 Å². The van der Waals surface area contributed by atoms with Crippen molar-refractivity contribution in [3.8, 4) is 11.5 Å². The Hall–Kier alpha value is -1.46. The van der Waals surface area contributed by atoms with Crippen LogP contribution < -0.4 is 14.8 Å². The monoisotopic (exact) mass is 281 g/mol. The fourth-order valence-corrected chi connectivity index (χ4v) is 1.89. The summed E-state index contributed by atoms with van der Waals surface area (Å²) in [5.74, 6) is 2.18. The minimum absolute atomic E-state index is 0.357. The molecule has 0 saturated heterocycles. The van der Waals surface area contributed by atoms with Crippen LogP contribution in [0.5, 0.6) is 11.5 Å². The summed E-state index contributed by atoms with van der Waals surface area (Å²) in [4.78, 5) is 0. The van der Waals surface area contributed by atoms with Gasteiger partial charge in [0.2, 0.25) is 0 Å². The summed E-state index contributed by atoms with van der Waals surface area (Å²) in [5, 5.41) is 13.0. The van der Waals surface area contributed by atoms with Crippen LogP contribution in [0.3, 0.4) is 0 Å². The van der Waals surface area contributed by atoms with E-state index in [-0.39, 0.29) is 0 Å². The lowest BCUT2D eigenvalue weighted by Gasteiger charge is -2.16. The molecule has 1 aromatic rings. The van der Waals surface area contributed by atoms with E-state index in [0.717, 1.165) is 23.8 Å². The first kappa shape index (κ1) is 14.9. The van der Waals surface area contributed by atoms with Crippen molar-refractivity contribution in [2.75, 3.05) is 39.3 Å². The third-order valence-electron chi connectivity index (χ3n) is 3.30. The quantitative estimate of drug-likeness (QED) is 0.724. The first-order chi connectivity index (χ1) is 9.72. The molecule has 0 aromatic heterocycles. The predicted molar refractivity (Wildman–Crippen MR) is 77.6 cm³/mol. The van der Waals surface area contributed by atoms with Gasteiger partial charge in [0.25, 0.3) is 0 Å². The van der Waals surface area contributed by atoms with Gasteiger partial charge in [-0.25, -0.2) is 0 Å². The van der Waals surface area contributed by atoms with Gasteiger partial charge in [0.15, 0.2) is 0 Å². The molecule has 1 fully saturated rings. The van der Waals surface area contributed by atoms with Gasteiger partial charge in [-0.2, -0.15) is 0 Å². The van der Waals surface area contributed by atoms with Crippen molar-refractivity contribution >= 4 is 5.69 Å². The number of methoxy groups -OCH3 is 2. The zero-order valence-corrected chi connectivity index (χ0v) is 12.1. The van der Waals surface area contributed by atoms with Crippen molar-refractivity contribution in [2.24, 2.45) is 5.92 Å². The fourth-order valence-electron chi connectivity index (χ4n) is 1.89. The summed E-state index contributed by atoms with van der Waals surface area (Å²) in [6.45, 7) is 1.53. The molecule has 1 atom stereocenters. The van der Waals surface area contributed by atoms with E-state index in [1.165, 1.54) is 12.8 Å². The van der Waals surface area contributed by atoms with E-state index < -0.39 is 6.10 Å². The van der Waals surface area contributed by atoms with Crippen LogP contribution in [0.15, 0.2) is 18.2 Å². The molecule has 112 valence electrons. The molecule has 5 heteroatoms. The van der Waals surface area contributed by atoms with Crippen LogP contribution in [-0.4, -0.2) is 45.2 Å². The Morgan fingerprint density at radius 1 is 1.30 bits per heavy atom. The van der Waals surface area contributed by atoms with Gasteiger partial charge in [0, 0.05) is 19.2 Å². The van der Waals surface area contributed by atoms with Gasteiger partial charge >= 0.3 is 0 Å². The molecule has 20 heavy (non-hydrogen) atoms. The van der Waals surface area contributed by atoms with Crippen LogP contribution in [0.2, 0.25) is 0 Å². The molecule has 5 nitrogen and oxygen atoms in total. The Balaban J connectivity index is 1.78. The van der Waals surface area contributed by atoms with E-state index in [4.69, 9.17) is 14.2 Å². The maximum absolute atomic E-state index is 9.87. The highest BCUT2D eigenvalue weighted by Crippen LogP contribution is 2.29. The lowest BCUT2D eigenvalue weighted by Crippen LogP contribution is -2.25. The molecule has 1 aromatic carbocycles. The van der Waals surface area contributed by atoms with E-state index in [0.29, 0.717) is 19.1 Å². The third kappa shape index (κ3) is 4.58. The zero-order valence-electron chi connectivity index (χ0n) is 12.1. The fraction of sp³-hybridized carbons (Fsp3) is 0.600. The number of benzene rings is 1. The Bertz CT molecular complexity index is 420. The molecular formula is C15H23NO4. The van der Waals surface area contributed by atoms with Crippen LogP contribution in [-0.2, 0) is 4.74 Å². The molecule has 1 saturated carbocycles. The van der Waals surface area contributed by atoms with Gasteiger partial charge in [0.05, 0.1) is 32.6 Å². The van der Waals surface area contributed by atoms with Crippen LogP contribution in [0, 0.1) is 5.92 Å². The number of hydrogen-bond acceptors (Lipinski definition) is 5. The average Bonchev–Trinajstić information content (AvgIpc) is 3.29. The topological polar surface area (TPSA) is 60.0 Å². The van der Waals surface area contributed by atoms with Crippen LogP contribution in [0.4, 0.5) is 5.69 Å². The Morgan fingerprint density at radius 3 is 2.75 bits per heavy atom. The lowest BCUT2D eigenvalue weighted by molar-refractivity contribution is 0.0386. The number of nitrogens with one attached hydrogen (secondary N) is 1. The number of aliphatic hydroxyl groups is 1. The molecule has 1 aliphatic carbocycles. The lowest BCUT2D eigenvalue weighted by atomic mass is 10.2. The van der Waals surface area contributed by atoms with Gasteiger partial charge in [-0.05, 0) is 30.9 Å². The summed E-state index contributed by atoms with van der Waals surface area (Å²) >= 11 is 0. The number of hydrogen-bond donors (Lipinski definition) is 2. The normalized spacial score (nSPS) is 15.8. The summed E-state index contributed by atoms with van der Waals surface area (Å²) in [6, 6.07) is 5.51. The van der Waals surface area contributed by atoms with Gasteiger partial charge < -0.3 is 24.6 Å². The van der Waals surface area contributed by atoms with Crippen LogP contribution in [0.25, 0.3) is 0 Å². The van der Waals surface area contributed by atoms with Crippen molar-refractivity contribution in [2.45, 2.75) is 18.9 Å². The largest absolute Gasteiger partial charge is 0.497 e. The van der Waals surface area contributed by atoms with Gasteiger partial charge in [-0.15, -0.1) is 0 Å². The van der Waals surface area contributed by atoms with Crippen LogP contribution in [0.1, 0.15) is 12.8 Å². The summed E-state index contributed by atoms with van der Waals surface area (Å²) in [6.07, 6.45) is 1.98. The molecule has 0 spiro atoms. The molecule has 2 N–H and O–H groups in total. The second kappa shape index (κ2) is 7.36. The maximum Gasteiger partial charge on any atom is 0.142 e. The molecule has 0 radical (unpaired) electrons. The minimum atomic E-state index is -0.537. The number of aliphatic hydroxyl groups excluding tert-OH is 1. The molecule has 0 aliphatic heterocycles. The minimum Gasteiger partial charge on any atom is -0.497 e. The second-order valence-electron chi connectivity index (χ2n) is 5.08. The highest BCUT2D eigenvalue weighted by Gasteiger charge is 2.21. The van der Waals surface area contributed by atoms with Crippen molar-refractivity contribution in [1.29, 1.82) is 0 Å². The smallest absolute Gasteiger partial charge is 0.142 e. The molecule has 2 rings (SSSR count). The standard InChI is InChI=1S/C15H23NO4/c1-18-13-5-6-15(19-2)14(7-13)16-8-12(17)10-20-9-11-3-4-11/h5-7,11-12,16-17H,3-4,8-10H2,1-2H3. The summed E-state index contributed by atoms with van der Waals surface area (Å²) in [5.41, 5.74) is 0.799. The van der Waals surface area contributed by atoms with Gasteiger partial charge in [-0.3, -0.25) is 0 Å². The summed E-state index contributed by atoms with van der Waals surface area (Å²) in [7, 11) is 3.23. The van der Waals surface area contributed by atoms with E-state index >= 15 is 0 Å². The van der Waals surface area contributed by atoms with Crippen molar-refractivity contribution < 1.29 is 19.3 Å². The number of rotatable bonds is 9. The van der Waals surface area contributed by atoms with Crippen molar-refractivity contribution in [1.82, 2.24) is 0 Å². The zero-order chi connectivity index (χ0) is 14.4. The van der Waals surface area contributed by atoms with Crippen LogP contribution >= 0.6 is 0 Å². The first-order valence-corrected chi connectivity index (χ1v) is 6.94. The van der Waals surface area contributed by atoms with Crippen molar-refractivity contribution in [3.63, 3.8) is 0 Å². The molecule has 1 unspecified atom stereocenters. The maximum atomic E-state index is 9.87. The molecule has 0 bridgehead atoms. The second-order valence-corrected chi connectivity index (χ2v) is 5.08. The Kier molecular flexibility index (Phi) is 5.49. The Labute approximate surface area is 119 Å². The molecule has 0 amide bonds. The van der Waals surface area contributed by atoms with Gasteiger partial charge in [0.1, 0.15) is 11.5 Å². The Morgan fingerprint density at radius 2 is 2.10 bits per heavy atom. The number of anilines is 1. The predicted octanol–water partition coefficient (Wildman–Crippen LogP) is 1.90. The highest BCUT2D eigenvalue weighted by molar-refractivity contribution is 5.59. The molecular weight excluding hydrogens is 258 g/mol. The SMILES string of the molecule is COc1ccc(OC)c(NCC(O)COCC2CC2)c1. The first-order valence-electron chi connectivity index (χ1n) is 6.94. The molecule has 0 heterocycles. The van der Waals surface area contributed by atoms with E-state index in [1.54, 1.807) is 14.2 Å². The van der Waals surface area contributed by atoms with E-state index in [2.05, 4.69) is 5.32 Å². The third-order valence-corrected chi connectivity index (χ3v) is 3.30. The van der Waals surface area contributed by atoms with E-state index in [1.807, 2.05) is 18.2 Å².